The average molecular weight is 440 g/mol. The van der Waals surface area contributed by atoms with Gasteiger partial charge in [-0.05, 0) is 49.7 Å². The lowest BCUT2D eigenvalue weighted by atomic mass is 10.1. The Labute approximate surface area is 181 Å². The number of rotatable bonds is 5. The molecule has 146 valence electrons. The Kier molecular flexibility index (Phi) is 5.76. The summed E-state index contributed by atoms with van der Waals surface area (Å²) in [6.45, 7) is 4.05. The van der Waals surface area contributed by atoms with E-state index in [0.29, 0.717) is 16.3 Å². The summed E-state index contributed by atoms with van der Waals surface area (Å²) in [4.78, 5) is 21.0. The third-order valence-electron chi connectivity index (χ3n) is 4.44. The summed E-state index contributed by atoms with van der Waals surface area (Å²) in [5, 5.41) is 5.17. The lowest BCUT2D eigenvalue weighted by molar-refractivity contribution is 0.0956. The van der Waals surface area contributed by atoms with Crippen molar-refractivity contribution in [3.05, 3.63) is 74.3 Å². The minimum absolute atomic E-state index is 0.258. The molecule has 0 radical (unpaired) electrons. The van der Waals surface area contributed by atoms with E-state index >= 15 is 0 Å². The number of nitrogens with zero attached hydrogens (tertiary/aromatic N) is 2. The van der Waals surface area contributed by atoms with Gasteiger partial charge in [-0.2, -0.15) is 5.10 Å². The molecule has 4 rings (SSSR count). The third kappa shape index (κ3) is 4.24. The van der Waals surface area contributed by atoms with Gasteiger partial charge < -0.3 is 0 Å². The number of aromatic nitrogens is 1. The molecule has 0 saturated heterocycles. The van der Waals surface area contributed by atoms with E-state index in [9.17, 15) is 4.79 Å². The summed E-state index contributed by atoms with van der Waals surface area (Å²) in [5.74, 6) is -0.258. The molecule has 1 amide bonds. The molecule has 4 nitrogen and oxygen atoms in total. The van der Waals surface area contributed by atoms with E-state index < -0.39 is 0 Å². The summed E-state index contributed by atoms with van der Waals surface area (Å²) in [5.41, 5.74) is 5.64. The van der Waals surface area contributed by atoms with Crippen molar-refractivity contribution in [2.24, 2.45) is 5.10 Å². The summed E-state index contributed by atoms with van der Waals surface area (Å²) < 4.78 is 0.698. The highest BCUT2D eigenvalue weighted by atomic mass is 35.5. The zero-order valence-electron chi connectivity index (χ0n) is 15.9. The monoisotopic (exact) mass is 439 g/mol. The second-order valence-electron chi connectivity index (χ2n) is 6.44. The van der Waals surface area contributed by atoms with Gasteiger partial charge in [0.1, 0.15) is 0 Å². The molecule has 1 N–H and O–H groups in total. The maximum absolute atomic E-state index is 13.0. The van der Waals surface area contributed by atoms with Crippen molar-refractivity contribution in [2.75, 3.05) is 0 Å². The van der Waals surface area contributed by atoms with Crippen LogP contribution >= 0.6 is 34.3 Å². The number of carbonyl (C=O) groups is 1. The van der Waals surface area contributed by atoms with E-state index in [-0.39, 0.29) is 5.91 Å². The van der Waals surface area contributed by atoms with Gasteiger partial charge in [-0.3, -0.25) is 4.79 Å². The molecule has 0 aliphatic heterocycles. The molecule has 3 heterocycles. The molecule has 0 atom stereocenters. The van der Waals surface area contributed by atoms with Crippen molar-refractivity contribution in [1.29, 1.82) is 0 Å². The van der Waals surface area contributed by atoms with Crippen LogP contribution in [0.3, 0.4) is 0 Å². The predicted molar refractivity (Wildman–Crippen MR) is 123 cm³/mol. The number of carbonyl (C=O) groups excluding carboxylic acids is 1. The fourth-order valence-electron chi connectivity index (χ4n) is 3.02. The summed E-state index contributed by atoms with van der Waals surface area (Å²) in [7, 11) is 0. The number of halogens is 1. The lowest BCUT2D eigenvalue weighted by Crippen LogP contribution is -2.20. The number of aryl methyl sites for hydroxylation is 1. The number of hydrazone groups is 1. The normalized spacial score (nSPS) is 11.8. The molecule has 0 saturated carbocycles. The van der Waals surface area contributed by atoms with Crippen LogP contribution in [0, 0.1) is 6.92 Å². The van der Waals surface area contributed by atoms with Crippen LogP contribution in [0.15, 0.2) is 59.7 Å². The highest BCUT2D eigenvalue weighted by molar-refractivity contribution is 7.18. The molecule has 29 heavy (non-hydrogen) atoms. The van der Waals surface area contributed by atoms with E-state index in [2.05, 4.69) is 23.5 Å². The zero-order chi connectivity index (χ0) is 20.4. The van der Waals surface area contributed by atoms with Crippen LogP contribution in [0.2, 0.25) is 4.34 Å². The van der Waals surface area contributed by atoms with E-state index in [1.807, 2.05) is 55.5 Å². The molecule has 0 aliphatic rings. The Hall–Kier alpha value is -2.54. The first-order chi connectivity index (χ1) is 14.0. The first-order valence-electron chi connectivity index (χ1n) is 9.14. The second-order valence-corrected chi connectivity index (χ2v) is 9.44. The van der Waals surface area contributed by atoms with Crippen molar-refractivity contribution in [2.45, 2.75) is 20.3 Å². The quantitative estimate of drug-likeness (QED) is 0.284. The smallest absolute Gasteiger partial charge is 0.267 e. The molecule has 0 bridgehead atoms. The van der Waals surface area contributed by atoms with Crippen LogP contribution in [0.1, 0.15) is 33.5 Å². The highest BCUT2D eigenvalue weighted by Crippen LogP contribution is 2.30. The van der Waals surface area contributed by atoms with Crippen molar-refractivity contribution in [3.63, 3.8) is 0 Å². The maximum atomic E-state index is 13.0. The maximum Gasteiger partial charge on any atom is 0.272 e. The van der Waals surface area contributed by atoms with Gasteiger partial charge in [0, 0.05) is 10.3 Å². The van der Waals surface area contributed by atoms with Crippen LogP contribution < -0.4 is 5.43 Å². The van der Waals surface area contributed by atoms with Crippen molar-refractivity contribution in [1.82, 2.24) is 10.4 Å². The minimum atomic E-state index is -0.258. The van der Waals surface area contributed by atoms with Gasteiger partial charge >= 0.3 is 0 Å². The number of benzene rings is 1. The van der Waals surface area contributed by atoms with Gasteiger partial charge in [-0.15, -0.1) is 22.7 Å². The van der Waals surface area contributed by atoms with Crippen molar-refractivity contribution < 1.29 is 4.79 Å². The van der Waals surface area contributed by atoms with Gasteiger partial charge in [0.25, 0.3) is 5.91 Å². The molecule has 4 aromatic rings. The van der Waals surface area contributed by atoms with Crippen LogP contribution in [0.25, 0.3) is 21.5 Å². The van der Waals surface area contributed by atoms with Gasteiger partial charge in [-0.25, -0.2) is 10.4 Å². The fraction of sp³-hybridized carbons (Fsp3) is 0.136. The molecule has 0 fully saturated rings. The molecule has 0 aliphatic carbocycles. The van der Waals surface area contributed by atoms with Crippen molar-refractivity contribution >= 4 is 56.8 Å². The standard InChI is InChI=1S/C22H18ClN3OS2/c1-3-16(19-10-11-21(23)29-19)25-26-22(27)15-12-18(20-9-8-13(2)28-20)24-17-7-5-4-6-14(15)17/h4-12H,3H2,1-2H3,(H,26,27). The first kappa shape index (κ1) is 19.8. The number of thiophene rings is 2. The van der Waals surface area contributed by atoms with Crippen molar-refractivity contribution in [3.8, 4) is 10.6 Å². The number of hydrogen-bond acceptors (Lipinski definition) is 5. The summed E-state index contributed by atoms with van der Waals surface area (Å²) in [6, 6.07) is 17.3. The van der Waals surface area contributed by atoms with Crippen LogP contribution in [-0.2, 0) is 0 Å². The Bertz CT molecular complexity index is 1230. The number of amides is 1. The van der Waals surface area contributed by atoms with Crippen LogP contribution in [0.5, 0.6) is 0 Å². The van der Waals surface area contributed by atoms with Gasteiger partial charge in [0.05, 0.1) is 36.6 Å². The Morgan fingerprint density at radius 3 is 2.66 bits per heavy atom. The zero-order valence-corrected chi connectivity index (χ0v) is 18.3. The number of fused-ring (bicyclic) bond motifs is 1. The number of pyridine rings is 1. The van der Waals surface area contributed by atoms with Gasteiger partial charge in [0.15, 0.2) is 0 Å². The van der Waals surface area contributed by atoms with E-state index in [1.165, 1.54) is 16.2 Å². The minimum Gasteiger partial charge on any atom is -0.267 e. The molecule has 0 spiro atoms. The number of para-hydroxylation sites is 1. The average Bonchev–Trinajstić information content (AvgIpc) is 3.36. The summed E-state index contributed by atoms with van der Waals surface area (Å²) >= 11 is 9.14. The first-order valence-corrected chi connectivity index (χ1v) is 11.2. The Morgan fingerprint density at radius 1 is 1.14 bits per heavy atom. The Morgan fingerprint density at radius 2 is 1.97 bits per heavy atom. The van der Waals surface area contributed by atoms with Crippen LogP contribution in [-0.4, -0.2) is 16.6 Å². The third-order valence-corrected chi connectivity index (χ3v) is 6.74. The topological polar surface area (TPSA) is 54.4 Å². The summed E-state index contributed by atoms with van der Waals surface area (Å²) in [6.07, 6.45) is 0.688. The SMILES string of the molecule is CCC(=NNC(=O)c1cc(-c2ccc(C)s2)nc2ccccc12)c1ccc(Cl)s1. The van der Waals surface area contributed by atoms with E-state index in [0.717, 1.165) is 32.1 Å². The highest BCUT2D eigenvalue weighted by Gasteiger charge is 2.15. The van der Waals surface area contributed by atoms with Gasteiger partial charge in [-0.1, -0.05) is 36.7 Å². The van der Waals surface area contributed by atoms with Crippen LogP contribution in [0.4, 0.5) is 0 Å². The molecular formula is C22H18ClN3OS2. The number of nitrogens with one attached hydrogen (secondary N) is 1. The largest absolute Gasteiger partial charge is 0.272 e. The van der Waals surface area contributed by atoms with E-state index in [1.54, 1.807) is 11.3 Å². The lowest BCUT2D eigenvalue weighted by Gasteiger charge is -2.09. The second kappa shape index (κ2) is 8.45. The molecule has 3 aromatic heterocycles. The van der Waals surface area contributed by atoms with E-state index in [4.69, 9.17) is 16.6 Å². The Balaban J connectivity index is 1.72. The van der Waals surface area contributed by atoms with Gasteiger partial charge in [0.2, 0.25) is 0 Å². The molecule has 0 unspecified atom stereocenters. The molecule has 7 heteroatoms. The predicted octanol–water partition coefficient (Wildman–Crippen LogP) is 6.53. The number of hydrogen-bond donors (Lipinski definition) is 1. The fourth-order valence-corrected chi connectivity index (χ4v) is 4.95. The molecular weight excluding hydrogens is 422 g/mol. The molecule has 1 aromatic carbocycles.